The van der Waals surface area contributed by atoms with Gasteiger partial charge in [0.1, 0.15) is 5.00 Å². The van der Waals surface area contributed by atoms with Crippen LogP contribution in [0.5, 0.6) is 0 Å². The molecule has 0 atom stereocenters. The molecular weight excluding hydrogens is 374 g/mol. The summed E-state index contributed by atoms with van der Waals surface area (Å²) in [5.74, 6) is -0.464. The number of amides is 1. The first-order chi connectivity index (χ1) is 13.1. The Labute approximate surface area is 171 Å². The summed E-state index contributed by atoms with van der Waals surface area (Å²) < 4.78 is 5.33. The van der Waals surface area contributed by atoms with Crippen LogP contribution in [0, 0.1) is 0 Å². The smallest absolute Gasteiger partial charge is 0.341 e. The van der Waals surface area contributed by atoms with Crippen LogP contribution < -0.4 is 16.0 Å². The number of nitrogens with one attached hydrogen (secondary N) is 3. The van der Waals surface area contributed by atoms with E-state index in [4.69, 9.17) is 4.74 Å². The van der Waals surface area contributed by atoms with Crippen LogP contribution in [-0.4, -0.2) is 36.6 Å². The number of thiophene rings is 1. The van der Waals surface area contributed by atoms with E-state index in [2.05, 4.69) is 43.6 Å². The van der Waals surface area contributed by atoms with Crippen LogP contribution in [0.3, 0.4) is 0 Å². The summed E-state index contributed by atoms with van der Waals surface area (Å²) in [5.41, 5.74) is 1.09. The van der Waals surface area contributed by atoms with E-state index in [1.807, 2.05) is 0 Å². The molecule has 0 bridgehead atoms. The molecule has 7 heteroatoms. The summed E-state index contributed by atoms with van der Waals surface area (Å²) in [4.78, 5) is 26.4. The van der Waals surface area contributed by atoms with Gasteiger partial charge in [-0.25, -0.2) is 4.79 Å². The standard InChI is InChI=1S/C21H33N3O3S/c1-6-27-19(26)16-14-11-20(2,3)24-21(4,5)17(14)28-18(16)23-15(25)12-22-13-9-7-8-10-13/h13,22,24H,6-12H2,1-5H3,(H,23,25). The maximum Gasteiger partial charge on any atom is 0.341 e. The average molecular weight is 408 g/mol. The van der Waals surface area contributed by atoms with Crippen molar-refractivity contribution in [3.63, 3.8) is 0 Å². The molecule has 1 amide bonds. The quantitative estimate of drug-likeness (QED) is 0.629. The van der Waals surface area contributed by atoms with Crippen molar-refractivity contribution >= 4 is 28.2 Å². The van der Waals surface area contributed by atoms with Gasteiger partial charge in [-0.1, -0.05) is 12.8 Å². The number of ether oxygens (including phenoxy) is 1. The van der Waals surface area contributed by atoms with Crippen LogP contribution in [0.25, 0.3) is 0 Å². The highest BCUT2D eigenvalue weighted by atomic mass is 32.1. The van der Waals surface area contributed by atoms with Gasteiger partial charge in [0.25, 0.3) is 0 Å². The van der Waals surface area contributed by atoms with Gasteiger partial charge in [-0.05, 0) is 59.4 Å². The molecule has 1 fully saturated rings. The number of hydrogen-bond acceptors (Lipinski definition) is 6. The highest BCUT2D eigenvalue weighted by molar-refractivity contribution is 7.17. The Balaban J connectivity index is 1.86. The number of hydrogen-bond donors (Lipinski definition) is 3. The largest absolute Gasteiger partial charge is 0.462 e. The van der Waals surface area contributed by atoms with Gasteiger partial charge in [0.15, 0.2) is 0 Å². The fraction of sp³-hybridized carbons (Fsp3) is 0.714. The maximum absolute atomic E-state index is 12.8. The second-order valence-electron chi connectivity index (χ2n) is 9.06. The normalized spacial score (nSPS) is 20.6. The SMILES string of the molecule is CCOC(=O)c1c(NC(=O)CNC2CCCC2)sc2c1CC(C)(C)NC2(C)C. The number of carbonyl (C=O) groups excluding carboxylic acids is 2. The van der Waals surface area contributed by atoms with Gasteiger partial charge in [-0.3, -0.25) is 4.79 Å². The minimum absolute atomic E-state index is 0.110. The molecule has 28 heavy (non-hydrogen) atoms. The molecule has 0 unspecified atom stereocenters. The minimum Gasteiger partial charge on any atom is -0.462 e. The lowest BCUT2D eigenvalue weighted by Gasteiger charge is -2.42. The fourth-order valence-electron chi connectivity index (χ4n) is 4.57. The van der Waals surface area contributed by atoms with Gasteiger partial charge in [0.2, 0.25) is 5.91 Å². The topological polar surface area (TPSA) is 79.5 Å². The summed E-state index contributed by atoms with van der Waals surface area (Å²) in [5, 5.41) is 10.6. The lowest BCUT2D eigenvalue weighted by molar-refractivity contribution is -0.115. The molecule has 1 saturated carbocycles. The van der Waals surface area contributed by atoms with E-state index in [1.165, 1.54) is 24.2 Å². The summed E-state index contributed by atoms with van der Waals surface area (Å²) in [6, 6.07) is 0.427. The molecule has 1 aromatic heterocycles. The average Bonchev–Trinajstić information content (AvgIpc) is 3.19. The predicted octanol–water partition coefficient (Wildman–Crippen LogP) is 3.55. The second kappa shape index (κ2) is 8.13. The number of esters is 1. The van der Waals surface area contributed by atoms with Crippen molar-refractivity contribution < 1.29 is 14.3 Å². The lowest BCUT2D eigenvalue weighted by Crippen LogP contribution is -2.55. The van der Waals surface area contributed by atoms with E-state index >= 15 is 0 Å². The maximum atomic E-state index is 12.8. The Morgan fingerprint density at radius 1 is 1.21 bits per heavy atom. The van der Waals surface area contributed by atoms with Gasteiger partial charge in [-0.15, -0.1) is 11.3 Å². The first kappa shape index (κ1) is 21.3. The van der Waals surface area contributed by atoms with Crippen LogP contribution >= 0.6 is 11.3 Å². The van der Waals surface area contributed by atoms with Crippen LogP contribution in [0.15, 0.2) is 0 Å². The molecule has 6 nitrogen and oxygen atoms in total. The summed E-state index contributed by atoms with van der Waals surface area (Å²) in [6.07, 6.45) is 5.42. The van der Waals surface area contributed by atoms with E-state index < -0.39 is 0 Å². The van der Waals surface area contributed by atoms with Gasteiger partial charge < -0.3 is 20.7 Å². The monoisotopic (exact) mass is 407 g/mol. The lowest BCUT2D eigenvalue weighted by atomic mass is 9.81. The molecule has 1 aromatic rings. The molecule has 1 aliphatic carbocycles. The molecule has 2 heterocycles. The first-order valence-corrected chi connectivity index (χ1v) is 11.1. The number of carbonyl (C=O) groups is 2. The van der Waals surface area contributed by atoms with Crippen LogP contribution in [0.4, 0.5) is 5.00 Å². The van der Waals surface area contributed by atoms with Crippen molar-refractivity contribution in [1.82, 2.24) is 10.6 Å². The highest BCUT2D eigenvalue weighted by Crippen LogP contribution is 2.45. The number of fused-ring (bicyclic) bond motifs is 1. The zero-order valence-corrected chi connectivity index (χ0v) is 18.5. The number of rotatable bonds is 6. The fourth-order valence-corrected chi connectivity index (χ4v) is 5.85. The van der Waals surface area contributed by atoms with Crippen molar-refractivity contribution in [2.75, 3.05) is 18.5 Å². The zero-order valence-electron chi connectivity index (χ0n) is 17.7. The molecule has 0 saturated heterocycles. The Kier molecular flexibility index (Phi) is 6.17. The molecule has 1 aliphatic heterocycles. The van der Waals surface area contributed by atoms with Crippen molar-refractivity contribution in [3.8, 4) is 0 Å². The van der Waals surface area contributed by atoms with E-state index in [0.29, 0.717) is 29.6 Å². The second-order valence-corrected chi connectivity index (χ2v) is 10.1. The van der Waals surface area contributed by atoms with E-state index in [9.17, 15) is 9.59 Å². The minimum atomic E-state index is -0.354. The van der Waals surface area contributed by atoms with Crippen molar-refractivity contribution in [2.24, 2.45) is 0 Å². The van der Waals surface area contributed by atoms with Crippen LogP contribution in [0.1, 0.15) is 81.1 Å². The summed E-state index contributed by atoms with van der Waals surface area (Å²) in [7, 11) is 0. The Morgan fingerprint density at radius 3 is 2.54 bits per heavy atom. The highest BCUT2D eigenvalue weighted by Gasteiger charge is 2.42. The molecule has 0 aromatic carbocycles. The Morgan fingerprint density at radius 2 is 1.89 bits per heavy atom. The Bertz CT molecular complexity index is 748. The molecule has 3 rings (SSSR count). The summed E-state index contributed by atoms with van der Waals surface area (Å²) >= 11 is 1.49. The third kappa shape index (κ3) is 4.58. The van der Waals surface area contributed by atoms with E-state index in [1.54, 1.807) is 6.92 Å². The van der Waals surface area contributed by atoms with Gasteiger partial charge in [-0.2, -0.15) is 0 Å². The molecule has 3 N–H and O–H groups in total. The predicted molar refractivity (Wildman–Crippen MR) is 113 cm³/mol. The molecule has 0 radical (unpaired) electrons. The number of anilines is 1. The van der Waals surface area contributed by atoms with E-state index in [0.717, 1.165) is 23.3 Å². The third-order valence-electron chi connectivity index (χ3n) is 5.48. The van der Waals surface area contributed by atoms with Gasteiger partial charge in [0, 0.05) is 22.0 Å². The molecule has 2 aliphatic rings. The zero-order chi connectivity index (χ0) is 20.5. The van der Waals surface area contributed by atoms with Crippen LogP contribution in [-0.2, 0) is 21.5 Å². The Hall–Kier alpha value is -1.44. The van der Waals surface area contributed by atoms with Gasteiger partial charge >= 0.3 is 5.97 Å². The van der Waals surface area contributed by atoms with E-state index in [-0.39, 0.29) is 29.5 Å². The van der Waals surface area contributed by atoms with Crippen LogP contribution in [0.2, 0.25) is 0 Å². The summed E-state index contributed by atoms with van der Waals surface area (Å²) in [6.45, 7) is 10.9. The molecule has 156 valence electrons. The molecule has 0 spiro atoms. The van der Waals surface area contributed by atoms with Crippen molar-refractivity contribution in [1.29, 1.82) is 0 Å². The first-order valence-electron chi connectivity index (χ1n) is 10.3. The molecular formula is C21H33N3O3S. The van der Waals surface area contributed by atoms with Crippen molar-refractivity contribution in [2.45, 2.75) is 83.8 Å². The third-order valence-corrected chi connectivity index (χ3v) is 6.95. The van der Waals surface area contributed by atoms with Gasteiger partial charge in [0.05, 0.1) is 18.7 Å². The van der Waals surface area contributed by atoms with Crippen molar-refractivity contribution in [3.05, 3.63) is 16.0 Å².